The summed E-state index contributed by atoms with van der Waals surface area (Å²) in [5, 5.41) is 0.474. The van der Waals surface area contributed by atoms with Crippen molar-refractivity contribution >= 4 is 23.1 Å². The molecule has 0 saturated heterocycles. The third-order valence-corrected chi connectivity index (χ3v) is 2.87. The highest BCUT2D eigenvalue weighted by molar-refractivity contribution is 6.32. The lowest BCUT2D eigenvalue weighted by Crippen LogP contribution is -2.02. The first-order chi connectivity index (χ1) is 8.61. The van der Waals surface area contributed by atoms with Crippen LogP contribution < -0.4 is 10.5 Å². The molecule has 0 fully saturated rings. The highest BCUT2D eigenvalue weighted by Crippen LogP contribution is 2.26. The fourth-order valence-corrected chi connectivity index (χ4v) is 1.84. The Labute approximate surface area is 110 Å². The fraction of sp³-hybridized carbons (Fsp3) is 0.0714. The molecule has 92 valence electrons. The number of anilines is 1. The summed E-state index contributed by atoms with van der Waals surface area (Å²) in [7, 11) is 1.51. The fourth-order valence-electron chi connectivity index (χ4n) is 1.65. The second-order valence-corrected chi connectivity index (χ2v) is 4.21. The summed E-state index contributed by atoms with van der Waals surface area (Å²) in [6, 6.07) is 11.8. The van der Waals surface area contributed by atoms with Crippen LogP contribution in [-0.4, -0.2) is 12.9 Å². The van der Waals surface area contributed by atoms with Gasteiger partial charge in [0.1, 0.15) is 5.75 Å². The largest absolute Gasteiger partial charge is 0.495 e. The van der Waals surface area contributed by atoms with Crippen LogP contribution >= 0.6 is 11.6 Å². The lowest BCUT2D eigenvalue weighted by atomic mass is 10.0. The molecule has 0 spiro atoms. The molecule has 0 bridgehead atoms. The number of hydrogen-bond donors (Lipinski definition) is 1. The van der Waals surface area contributed by atoms with Gasteiger partial charge in [0.05, 0.1) is 12.1 Å². The Bertz CT molecular complexity index is 596. The highest BCUT2D eigenvalue weighted by Gasteiger charge is 2.11. The Kier molecular flexibility index (Phi) is 3.53. The molecule has 0 atom stereocenters. The molecule has 2 N–H and O–H groups in total. The summed E-state index contributed by atoms with van der Waals surface area (Å²) in [6.45, 7) is 0. The smallest absolute Gasteiger partial charge is 0.193 e. The van der Waals surface area contributed by atoms with Crippen LogP contribution in [0, 0.1) is 0 Å². The molecule has 0 unspecified atom stereocenters. The summed E-state index contributed by atoms with van der Waals surface area (Å²) in [4.78, 5) is 12.2. The van der Waals surface area contributed by atoms with Crippen molar-refractivity contribution in [1.82, 2.24) is 0 Å². The van der Waals surface area contributed by atoms with Gasteiger partial charge >= 0.3 is 0 Å². The molecular weight excluding hydrogens is 250 g/mol. The SMILES string of the molecule is COc1cc(C(=O)c2cccc(N)c2)ccc1Cl. The molecule has 2 aromatic rings. The van der Waals surface area contributed by atoms with Gasteiger partial charge in [-0.2, -0.15) is 0 Å². The van der Waals surface area contributed by atoms with Gasteiger partial charge in [-0.05, 0) is 30.3 Å². The summed E-state index contributed by atoms with van der Waals surface area (Å²) < 4.78 is 5.09. The van der Waals surface area contributed by atoms with E-state index in [1.54, 1.807) is 42.5 Å². The molecule has 2 aromatic carbocycles. The zero-order valence-corrected chi connectivity index (χ0v) is 10.6. The summed E-state index contributed by atoms with van der Waals surface area (Å²) in [5.41, 5.74) is 7.27. The summed E-state index contributed by atoms with van der Waals surface area (Å²) in [6.07, 6.45) is 0. The summed E-state index contributed by atoms with van der Waals surface area (Å²) in [5.74, 6) is 0.365. The van der Waals surface area contributed by atoms with Crippen LogP contribution in [0.15, 0.2) is 42.5 Å². The van der Waals surface area contributed by atoms with Gasteiger partial charge in [0, 0.05) is 16.8 Å². The lowest BCUT2D eigenvalue weighted by Gasteiger charge is -2.06. The van der Waals surface area contributed by atoms with Gasteiger partial charge in [-0.1, -0.05) is 23.7 Å². The molecule has 0 radical (unpaired) electrons. The molecular formula is C14H12ClNO2. The lowest BCUT2D eigenvalue weighted by molar-refractivity contribution is 0.103. The van der Waals surface area contributed by atoms with Crippen molar-refractivity contribution in [3.63, 3.8) is 0 Å². The predicted octanol–water partition coefficient (Wildman–Crippen LogP) is 3.16. The van der Waals surface area contributed by atoms with E-state index in [9.17, 15) is 4.79 Å². The average molecular weight is 262 g/mol. The maximum Gasteiger partial charge on any atom is 0.193 e. The number of carbonyl (C=O) groups excluding carboxylic acids is 1. The molecule has 0 amide bonds. The van der Waals surface area contributed by atoms with E-state index in [4.69, 9.17) is 22.1 Å². The van der Waals surface area contributed by atoms with Gasteiger partial charge in [0.15, 0.2) is 5.78 Å². The number of carbonyl (C=O) groups is 1. The first kappa shape index (κ1) is 12.5. The zero-order chi connectivity index (χ0) is 13.1. The molecule has 2 rings (SSSR count). The van der Waals surface area contributed by atoms with Gasteiger partial charge in [0.2, 0.25) is 0 Å². The third kappa shape index (κ3) is 2.46. The number of hydrogen-bond acceptors (Lipinski definition) is 3. The Hall–Kier alpha value is -2.00. The monoisotopic (exact) mass is 261 g/mol. The van der Waals surface area contributed by atoms with Crippen LogP contribution in [0.1, 0.15) is 15.9 Å². The molecule has 0 aliphatic rings. The molecule has 4 heteroatoms. The maximum absolute atomic E-state index is 12.2. The van der Waals surface area contributed by atoms with E-state index in [0.717, 1.165) is 0 Å². The van der Waals surface area contributed by atoms with Gasteiger partial charge < -0.3 is 10.5 Å². The van der Waals surface area contributed by atoms with E-state index in [-0.39, 0.29) is 5.78 Å². The Balaban J connectivity index is 2.40. The van der Waals surface area contributed by atoms with Crippen LogP contribution in [-0.2, 0) is 0 Å². The first-order valence-electron chi connectivity index (χ1n) is 5.35. The number of ether oxygens (including phenoxy) is 1. The van der Waals surface area contributed by atoms with E-state index in [2.05, 4.69) is 0 Å². The quantitative estimate of drug-likeness (QED) is 0.682. The molecule has 0 heterocycles. The molecule has 0 aliphatic carbocycles. The molecule has 3 nitrogen and oxygen atoms in total. The number of benzene rings is 2. The van der Waals surface area contributed by atoms with Crippen LogP contribution in [0.4, 0.5) is 5.69 Å². The Morgan fingerprint density at radius 1 is 1.17 bits per heavy atom. The van der Waals surface area contributed by atoms with Crippen molar-refractivity contribution in [3.05, 3.63) is 58.6 Å². The van der Waals surface area contributed by atoms with Crippen LogP contribution in [0.5, 0.6) is 5.75 Å². The minimum atomic E-state index is -0.114. The van der Waals surface area contributed by atoms with E-state index >= 15 is 0 Å². The molecule has 0 saturated carbocycles. The van der Waals surface area contributed by atoms with E-state index < -0.39 is 0 Å². The zero-order valence-electron chi connectivity index (χ0n) is 9.81. The first-order valence-corrected chi connectivity index (χ1v) is 5.73. The third-order valence-electron chi connectivity index (χ3n) is 2.56. The molecule has 0 aliphatic heterocycles. The average Bonchev–Trinajstić information content (AvgIpc) is 2.38. The summed E-state index contributed by atoms with van der Waals surface area (Å²) >= 11 is 5.92. The number of methoxy groups -OCH3 is 1. The Morgan fingerprint density at radius 3 is 2.56 bits per heavy atom. The van der Waals surface area contributed by atoms with Crippen molar-refractivity contribution in [1.29, 1.82) is 0 Å². The highest BCUT2D eigenvalue weighted by atomic mass is 35.5. The minimum Gasteiger partial charge on any atom is -0.495 e. The minimum absolute atomic E-state index is 0.114. The second-order valence-electron chi connectivity index (χ2n) is 3.80. The topological polar surface area (TPSA) is 52.3 Å². The van der Waals surface area contributed by atoms with Crippen molar-refractivity contribution < 1.29 is 9.53 Å². The number of nitrogens with two attached hydrogens (primary N) is 1. The number of rotatable bonds is 3. The predicted molar refractivity (Wildman–Crippen MR) is 72.3 cm³/mol. The Morgan fingerprint density at radius 2 is 1.89 bits per heavy atom. The van der Waals surface area contributed by atoms with E-state index in [1.807, 2.05) is 0 Å². The van der Waals surface area contributed by atoms with Gasteiger partial charge in [-0.25, -0.2) is 0 Å². The van der Waals surface area contributed by atoms with E-state index in [0.29, 0.717) is 27.6 Å². The number of nitrogen functional groups attached to an aromatic ring is 1. The van der Waals surface area contributed by atoms with Crippen molar-refractivity contribution in [2.24, 2.45) is 0 Å². The molecule has 0 aromatic heterocycles. The van der Waals surface area contributed by atoms with Crippen molar-refractivity contribution in [2.75, 3.05) is 12.8 Å². The standard InChI is InChI=1S/C14H12ClNO2/c1-18-13-8-10(5-6-12(13)15)14(17)9-3-2-4-11(16)7-9/h2-8H,16H2,1H3. The van der Waals surface area contributed by atoms with Crippen molar-refractivity contribution in [2.45, 2.75) is 0 Å². The van der Waals surface area contributed by atoms with Crippen molar-refractivity contribution in [3.8, 4) is 5.75 Å². The van der Waals surface area contributed by atoms with Gasteiger partial charge in [-0.3, -0.25) is 4.79 Å². The van der Waals surface area contributed by atoms with Crippen LogP contribution in [0.25, 0.3) is 0 Å². The number of halogens is 1. The number of ketones is 1. The maximum atomic E-state index is 12.2. The van der Waals surface area contributed by atoms with Crippen LogP contribution in [0.2, 0.25) is 5.02 Å². The van der Waals surface area contributed by atoms with Crippen LogP contribution in [0.3, 0.4) is 0 Å². The van der Waals surface area contributed by atoms with Gasteiger partial charge in [-0.15, -0.1) is 0 Å². The normalized spacial score (nSPS) is 10.1. The second kappa shape index (κ2) is 5.10. The van der Waals surface area contributed by atoms with Gasteiger partial charge in [0.25, 0.3) is 0 Å². The van der Waals surface area contributed by atoms with E-state index in [1.165, 1.54) is 7.11 Å². The molecule has 18 heavy (non-hydrogen) atoms.